The van der Waals surface area contributed by atoms with Crippen molar-refractivity contribution in [3.05, 3.63) is 42.5 Å². The molecule has 0 amide bonds. The Bertz CT molecular complexity index is 632. The molecule has 0 unspecified atom stereocenters. The van der Waals surface area contributed by atoms with E-state index in [1.807, 2.05) is 0 Å². The molecule has 2 rings (SSSR count). The highest BCUT2D eigenvalue weighted by Crippen LogP contribution is 2.18. The quantitative estimate of drug-likeness (QED) is 0.848. The maximum absolute atomic E-state index is 12.8. The topological polar surface area (TPSA) is 52.0 Å². The maximum atomic E-state index is 12.8. The van der Waals surface area contributed by atoms with E-state index < -0.39 is 9.84 Å². The Labute approximate surface area is 105 Å². The molecule has 0 N–H and O–H groups in total. The minimum absolute atomic E-state index is 0.0531. The van der Waals surface area contributed by atoms with Gasteiger partial charge in [0.25, 0.3) is 0 Å². The summed E-state index contributed by atoms with van der Waals surface area (Å²) in [6.07, 6.45) is 4.57. The average Bonchev–Trinajstić information content (AvgIpc) is 2.75. The molecule has 0 bridgehead atoms. The minimum Gasteiger partial charge on any atom is -0.271 e. The standard InChI is InChI=1S/C12H13FN2O2S/c1-18(16,17)7-6-15-9-11(8-14-15)10-2-4-12(13)5-3-10/h2-5,8-9H,6-7H2,1H3. The van der Waals surface area contributed by atoms with Crippen molar-refractivity contribution in [3.63, 3.8) is 0 Å². The number of halogens is 1. The van der Waals surface area contributed by atoms with Crippen molar-refractivity contribution in [2.45, 2.75) is 6.54 Å². The average molecular weight is 268 g/mol. The van der Waals surface area contributed by atoms with Crippen LogP contribution < -0.4 is 0 Å². The van der Waals surface area contributed by atoms with E-state index >= 15 is 0 Å². The number of nitrogens with zero attached hydrogens (tertiary/aromatic N) is 2. The zero-order chi connectivity index (χ0) is 13.2. The summed E-state index contributed by atoms with van der Waals surface area (Å²) >= 11 is 0. The number of sulfone groups is 1. The number of rotatable bonds is 4. The molecule has 96 valence electrons. The van der Waals surface area contributed by atoms with E-state index in [1.165, 1.54) is 18.4 Å². The van der Waals surface area contributed by atoms with Crippen LogP contribution in [0.2, 0.25) is 0 Å². The van der Waals surface area contributed by atoms with Crippen LogP contribution in [0.4, 0.5) is 4.39 Å². The summed E-state index contributed by atoms with van der Waals surface area (Å²) in [7, 11) is -2.99. The molecule has 0 spiro atoms. The molecular weight excluding hydrogens is 255 g/mol. The lowest BCUT2D eigenvalue weighted by atomic mass is 10.1. The molecule has 0 fully saturated rings. The predicted molar refractivity (Wildman–Crippen MR) is 67.3 cm³/mol. The van der Waals surface area contributed by atoms with E-state index in [-0.39, 0.29) is 11.6 Å². The van der Waals surface area contributed by atoms with Crippen LogP contribution in [0.15, 0.2) is 36.7 Å². The third-order valence-corrected chi connectivity index (χ3v) is 3.43. The molecule has 0 aliphatic carbocycles. The number of benzene rings is 1. The van der Waals surface area contributed by atoms with Crippen molar-refractivity contribution in [2.75, 3.05) is 12.0 Å². The van der Waals surface area contributed by atoms with Gasteiger partial charge < -0.3 is 0 Å². The van der Waals surface area contributed by atoms with Crippen molar-refractivity contribution >= 4 is 9.84 Å². The fourth-order valence-electron chi connectivity index (χ4n) is 1.54. The van der Waals surface area contributed by atoms with Crippen LogP contribution >= 0.6 is 0 Å². The van der Waals surface area contributed by atoms with Crippen LogP contribution in [0, 0.1) is 5.82 Å². The molecule has 0 saturated carbocycles. The molecule has 1 aromatic carbocycles. The first-order valence-corrected chi connectivity index (χ1v) is 7.46. The summed E-state index contributed by atoms with van der Waals surface area (Å²) in [4.78, 5) is 0. The van der Waals surface area contributed by atoms with Crippen LogP contribution in [-0.4, -0.2) is 30.2 Å². The fourth-order valence-corrected chi connectivity index (χ4v) is 2.06. The second kappa shape index (κ2) is 4.89. The summed E-state index contributed by atoms with van der Waals surface area (Å²) in [6.45, 7) is 0.319. The van der Waals surface area contributed by atoms with Crippen molar-refractivity contribution in [1.82, 2.24) is 9.78 Å². The third kappa shape index (κ3) is 3.40. The monoisotopic (exact) mass is 268 g/mol. The van der Waals surface area contributed by atoms with Gasteiger partial charge >= 0.3 is 0 Å². The highest BCUT2D eigenvalue weighted by Gasteiger charge is 2.05. The van der Waals surface area contributed by atoms with Crippen LogP contribution in [0.5, 0.6) is 0 Å². The Balaban J connectivity index is 2.13. The Hall–Kier alpha value is -1.69. The van der Waals surface area contributed by atoms with Crippen LogP contribution in [0.25, 0.3) is 11.1 Å². The normalized spacial score (nSPS) is 11.7. The van der Waals surface area contributed by atoms with E-state index in [4.69, 9.17) is 0 Å². The van der Waals surface area contributed by atoms with Crippen molar-refractivity contribution in [2.24, 2.45) is 0 Å². The van der Waals surface area contributed by atoms with Crippen molar-refractivity contribution in [1.29, 1.82) is 0 Å². The lowest BCUT2D eigenvalue weighted by Gasteiger charge is -1.99. The highest BCUT2D eigenvalue weighted by atomic mass is 32.2. The van der Waals surface area contributed by atoms with Gasteiger partial charge in [-0.15, -0.1) is 0 Å². The van der Waals surface area contributed by atoms with Gasteiger partial charge in [0.2, 0.25) is 0 Å². The Morgan fingerprint density at radius 3 is 2.50 bits per heavy atom. The lowest BCUT2D eigenvalue weighted by Crippen LogP contribution is -2.11. The Kier molecular flexibility index (Phi) is 3.47. The number of hydrogen-bond donors (Lipinski definition) is 0. The highest BCUT2D eigenvalue weighted by molar-refractivity contribution is 7.90. The number of aromatic nitrogens is 2. The first-order valence-electron chi connectivity index (χ1n) is 5.40. The zero-order valence-electron chi connectivity index (χ0n) is 9.88. The van der Waals surface area contributed by atoms with E-state index in [0.29, 0.717) is 6.54 Å². The molecule has 4 nitrogen and oxygen atoms in total. The van der Waals surface area contributed by atoms with E-state index in [0.717, 1.165) is 11.1 Å². The molecule has 0 saturated heterocycles. The first-order chi connectivity index (χ1) is 8.44. The molecule has 6 heteroatoms. The van der Waals surface area contributed by atoms with Gasteiger partial charge in [0.05, 0.1) is 18.5 Å². The lowest BCUT2D eigenvalue weighted by molar-refractivity contribution is 0.586. The van der Waals surface area contributed by atoms with Crippen LogP contribution in [0.1, 0.15) is 0 Å². The zero-order valence-corrected chi connectivity index (χ0v) is 10.7. The largest absolute Gasteiger partial charge is 0.271 e. The molecular formula is C12H13FN2O2S. The van der Waals surface area contributed by atoms with Gasteiger partial charge in [-0.2, -0.15) is 5.10 Å². The number of aryl methyl sites for hydroxylation is 1. The summed E-state index contributed by atoms with van der Waals surface area (Å²) in [6, 6.07) is 6.08. The fraction of sp³-hybridized carbons (Fsp3) is 0.250. The third-order valence-electron chi connectivity index (χ3n) is 2.50. The van der Waals surface area contributed by atoms with E-state index in [9.17, 15) is 12.8 Å². The summed E-state index contributed by atoms with van der Waals surface area (Å²) in [5, 5.41) is 4.08. The molecule has 1 heterocycles. The Morgan fingerprint density at radius 1 is 1.22 bits per heavy atom. The summed E-state index contributed by atoms with van der Waals surface area (Å²) < 4.78 is 36.4. The second-order valence-electron chi connectivity index (χ2n) is 4.13. The van der Waals surface area contributed by atoms with Gasteiger partial charge in [0, 0.05) is 18.0 Å². The SMILES string of the molecule is CS(=O)(=O)CCn1cc(-c2ccc(F)cc2)cn1. The van der Waals surface area contributed by atoms with Gasteiger partial charge in [-0.3, -0.25) is 4.68 Å². The summed E-state index contributed by atoms with van der Waals surface area (Å²) in [5.74, 6) is -0.236. The van der Waals surface area contributed by atoms with E-state index in [1.54, 1.807) is 29.2 Å². The molecule has 0 atom stereocenters. The maximum Gasteiger partial charge on any atom is 0.149 e. The molecule has 0 aliphatic heterocycles. The second-order valence-corrected chi connectivity index (χ2v) is 6.39. The van der Waals surface area contributed by atoms with Crippen LogP contribution in [0.3, 0.4) is 0 Å². The summed E-state index contributed by atoms with van der Waals surface area (Å²) in [5.41, 5.74) is 1.69. The molecule has 18 heavy (non-hydrogen) atoms. The van der Waals surface area contributed by atoms with E-state index in [2.05, 4.69) is 5.10 Å². The molecule has 1 aromatic heterocycles. The Morgan fingerprint density at radius 2 is 1.89 bits per heavy atom. The van der Waals surface area contributed by atoms with Crippen molar-refractivity contribution < 1.29 is 12.8 Å². The van der Waals surface area contributed by atoms with Gasteiger partial charge in [0.1, 0.15) is 15.7 Å². The molecule has 2 aromatic rings. The van der Waals surface area contributed by atoms with Gasteiger partial charge in [-0.05, 0) is 17.7 Å². The first kappa shape index (κ1) is 12.8. The molecule has 0 radical (unpaired) electrons. The molecule has 0 aliphatic rings. The van der Waals surface area contributed by atoms with Gasteiger partial charge in [-0.25, -0.2) is 12.8 Å². The predicted octanol–water partition coefficient (Wildman–Crippen LogP) is 1.73. The smallest absolute Gasteiger partial charge is 0.149 e. The van der Waals surface area contributed by atoms with Crippen molar-refractivity contribution in [3.8, 4) is 11.1 Å². The van der Waals surface area contributed by atoms with Crippen LogP contribution in [-0.2, 0) is 16.4 Å². The van der Waals surface area contributed by atoms with Gasteiger partial charge in [-0.1, -0.05) is 12.1 Å². The minimum atomic E-state index is -2.99. The van der Waals surface area contributed by atoms with Gasteiger partial charge in [0.15, 0.2) is 0 Å². The number of hydrogen-bond acceptors (Lipinski definition) is 3.